The highest BCUT2D eigenvalue weighted by molar-refractivity contribution is 7.90. The first-order valence-corrected chi connectivity index (χ1v) is 9.69. The van der Waals surface area contributed by atoms with Gasteiger partial charge in [-0.05, 0) is 24.6 Å². The topological polar surface area (TPSA) is 89.3 Å². The lowest BCUT2D eigenvalue weighted by molar-refractivity contribution is -0.387. The van der Waals surface area contributed by atoms with E-state index in [1.54, 1.807) is 0 Å². The highest BCUT2D eigenvalue weighted by Gasteiger charge is 2.24. The second-order valence-electron chi connectivity index (χ2n) is 6.82. The predicted molar refractivity (Wildman–Crippen MR) is 98.9 cm³/mol. The summed E-state index contributed by atoms with van der Waals surface area (Å²) >= 11 is 0. The average Bonchev–Trinajstić information content (AvgIpc) is 2.52. The van der Waals surface area contributed by atoms with Crippen LogP contribution in [0.15, 0.2) is 47.4 Å². The van der Waals surface area contributed by atoms with Gasteiger partial charge in [-0.3, -0.25) is 10.1 Å². The van der Waals surface area contributed by atoms with Crippen LogP contribution in [0.3, 0.4) is 0 Å². The molecule has 134 valence electrons. The summed E-state index contributed by atoms with van der Waals surface area (Å²) in [6.07, 6.45) is 0.968. The molecule has 0 saturated carbocycles. The Balaban J connectivity index is 2.28. The molecule has 25 heavy (non-hydrogen) atoms. The van der Waals surface area contributed by atoms with Gasteiger partial charge in [0.2, 0.25) is 0 Å². The molecule has 1 N–H and O–H groups in total. The zero-order chi connectivity index (χ0) is 18.8. The number of aryl methyl sites for hydroxylation is 1. The average molecular weight is 362 g/mol. The van der Waals surface area contributed by atoms with Gasteiger partial charge in [0, 0.05) is 30.0 Å². The van der Waals surface area contributed by atoms with Crippen LogP contribution in [-0.2, 0) is 15.3 Å². The summed E-state index contributed by atoms with van der Waals surface area (Å²) in [7, 11) is -3.69. The highest BCUT2D eigenvalue weighted by atomic mass is 32.2. The highest BCUT2D eigenvalue weighted by Crippen LogP contribution is 2.29. The number of benzene rings is 2. The van der Waals surface area contributed by atoms with E-state index in [0.717, 1.165) is 11.8 Å². The number of rotatable bonds is 6. The molecule has 2 aromatic rings. The van der Waals surface area contributed by atoms with Crippen molar-refractivity contribution in [2.24, 2.45) is 0 Å². The monoisotopic (exact) mass is 362 g/mol. The van der Waals surface area contributed by atoms with E-state index in [9.17, 15) is 18.5 Å². The van der Waals surface area contributed by atoms with Crippen LogP contribution < -0.4 is 5.32 Å². The van der Waals surface area contributed by atoms with E-state index in [1.807, 2.05) is 25.1 Å². The normalized spacial score (nSPS) is 12.0. The fourth-order valence-electron chi connectivity index (χ4n) is 2.56. The Morgan fingerprint density at radius 2 is 1.84 bits per heavy atom. The summed E-state index contributed by atoms with van der Waals surface area (Å²) < 4.78 is 23.7. The SMILES string of the molecule is Cc1cccc(C(C)(C)CNc2ccc([N+](=O)[O-])c(S(C)(=O)=O)c2)c1. The lowest BCUT2D eigenvalue weighted by Gasteiger charge is -2.26. The van der Waals surface area contributed by atoms with Gasteiger partial charge in [-0.1, -0.05) is 43.7 Å². The van der Waals surface area contributed by atoms with Gasteiger partial charge >= 0.3 is 0 Å². The van der Waals surface area contributed by atoms with Crippen molar-refractivity contribution in [3.8, 4) is 0 Å². The van der Waals surface area contributed by atoms with Crippen molar-refractivity contribution in [2.45, 2.75) is 31.1 Å². The van der Waals surface area contributed by atoms with Crippen LogP contribution >= 0.6 is 0 Å². The summed E-state index contributed by atoms with van der Waals surface area (Å²) in [6, 6.07) is 12.3. The van der Waals surface area contributed by atoms with E-state index in [-0.39, 0.29) is 10.3 Å². The Morgan fingerprint density at radius 3 is 2.40 bits per heavy atom. The quantitative estimate of drug-likeness (QED) is 0.625. The Morgan fingerprint density at radius 1 is 1.16 bits per heavy atom. The Kier molecular flexibility index (Phi) is 5.17. The zero-order valence-corrected chi connectivity index (χ0v) is 15.6. The van der Waals surface area contributed by atoms with Crippen LogP contribution in [0.25, 0.3) is 0 Å². The van der Waals surface area contributed by atoms with Crippen LogP contribution in [0.2, 0.25) is 0 Å². The summed E-state index contributed by atoms with van der Waals surface area (Å²) in [4.78, 5) is 10.1. The van der Waals surface area contributed by atoms with Crippen molar-refractivity contribution in [1.29, 1.82) is 0 Å². The zero-order valence-electron chi connectivity index (χ0n) is 14.7. The van der Waals surface area contributed by atoms with Gasteiger partial charge < -0.3 is 5.32 Å². The van der Waals surface area contributed by atoms with Gasteiger partial charge in [0.25, 0.3) is 5.69 Å². The molecule has 6 nitrogen and oxygen atoms in total. The summed E-state index contributed by atoms with van der Waals surface area (Å²) in [5.74, 6) is 0. The Bertz CT molecular complexity index is 905. The first kappa shape index (κ1) is 18.9. The number of nitrogens with zero attached hydrogens (tertiary/aromatic N) is 1. The molecule has 0 radical (unpaired) electrons. The van der Waals surface area contributed by atoms with Crippen molar-refractivity contribution >= 4 is 21.2 Å². The van der Waals surface area contributed by atoms with Gasteiger partial charge in [0.1, 0.15) is 4.90 Å². The molecule has 2 rings (SSSR count). The maximum Gasteiger partial charge on any atom is 0.288 e. The Labute approximate surface area is 148 Å². The number of nitro benzene ring substituents is 1. The molecule has 0 saturated heterocycles. The summed E-state index contributed by atoms with van der Waals surface area (Å²) in [5, 5.41) is 14.2. The van der Waals surface area contributed by atoms with Crippen molar-refractivity contribution < 1.29 is 13.3 Å². The standard InChI is InChI=1S/C18H22N2O4S/c1-13-6-5-7-14(10-13)18(2,3)12-19-15-8-9-16(20(21)22)17(11-15)25(4,23)24/h5-11,19H,12H2,1-4H3. The number of hydrogen-bond donors (Lipinski definition) is 1. The van der Waals surface area contributed by atoms with Crippen molar-refractivity contribution in [3.05, 3.63) is 63.7 Å². The summed E-state index contributed by atoms with van der Waals surface area (Å²) in [5.41, 5.74) is 2.25. The fraction of sp³-hybridized carbons (Fsp3) is 0.333. The molecule has 0 fully saturated rings. The molecule has 0 spiro atoms. The second kappa shape index (κ2) is 6.84. The van der Waals surface area contributed by atoms with Crippen LogP contribution in [0, 0.1) is 17.0 Å². The smallest absolute Gasteiger partial charge is 0.288 e. The maximum atomic E-state index is 11.8. The van der Waals surface area contributed by atoms with E-state index in [2.05, 4.69) is 25.2 Å². The van der Waals surface area contributed by atoms with Gasteiger partial charge in [-0.2, -0.15) is 0 Å². The molecule has 7 heteroatoms. The molecule has 0 atom stereocenters. The molecular formula is C18H22N2O4S. The van der Waals surface area contributed by atoms with Gasteiger partial charge in [-0.15, -0.1) is 0 Å². The molecule has 0 aliphatic rings. The molecule has 0 aromatic heterocycles. The summed E-state index contributed by atoms with van der Waals surface area (Å²) in [6.45, 7) is 6.74. The van der Waals surface area contributed by atoms with Crippen LogP contribution in [0.4, 0.5) is 11.4 Å². The van der Waals surface area contributed by atoms with Crippen molar-refractivity contribution in [3.63, 3.8) is 0 Å². The molecule has 0 unspecified atom stereocenters. The van der Waals surface area contributed by atoms with Gasteiger partial charge in [0.15, 0.2) is 9.84 Å². The van der Waals surface area contributed by atoms with Crippen LogP contribution in [0.1, 0.15) is 25.0 Å². The van der Waals surface area contributed by atoms with Gasteiger partial charge in [-0.25, -0.2) is 8.42 Å². The van der Waals surface area contributed by atoms with E-state index in [1.165, 1.54) is 23.8 Å². The number of hydrogen-bond acceptors (Lipinski definition) is 5. The maximum absolute atomic E-state index is 11.8. The van der Waals surface area contributed by atoms with E-state index >= 15 is 0 Å². The minimum atomic E-state index is -3.69. The van der Waals surface area contributed by atoms with Crippen LogP contribution in [0.5, 0.6) is 0 Å². The van der Waals surface area contributed by atoms with E-state index in [0.29, 0.717) is 12.2 Å². The Hall–Kier alpha value is -2.41. The molecule has 0 heterocycles. The lowest BCUT2D eigenvalue weighted by atomic mass is 9.84. The largest absolute Gasteiger partial charge is 0.384 e. The van der Waals surface area contributed by atoms with Crippen molar-refractivity contribution in [1.82, 2.24) is 0 Å². The van der Waals surface area contributed by atoms with Gasteiger partial charge in [0.05, 0.1) is 4.92 Å². The number of nitrogens with one attached hydrogen (secondary N) is 1. The molecule has 0 aliphatic carbocycles. The predicted octanol–water partition coefficient (Wildman–Crippen LogP) is 3.70. The first-order chi connectivity index (χ1) is 11.5. The first-order valence-electron chi connectivity index (χ1n) is 7.80. The third kappa shape index (κ3) is 4.57. The molecule has 0 amide bonds. The molecule has 0 bridgehead atoms. The number of sulfone groups is 1. The fourth-order valence-corrected chi connectivity index (χ4v) is 3.43. The minimum absolute atomic E-state index is 0.195. The van der Waals surface area contributed by atoms with E-state index in [4.69, 9.17) is 0 Å². The van der Waals surface area contributed by atoms with Crippen LogP contribution in [-0.4, -0.2) is 26.1 Å². The lowest BCUT2D eigenvalue weighted by Crippen LogP contribution is -2.27. The van der Waals surface area contributed by atoms with Crippen molar-refractivity contribution in [2.75, 3.05) is 18.1 Å². The third-order valence-electron chi connectivity index (χ3n) is 4.09. The van der Waals surface area contributed by atoms with E-state index < -0.39 is 20.4 Å². The number of nitro groups is 1. The minimum Gasteiger partial charge on any atom is -0.384 e. The molecular weight excluding hydrogens is 340 g/mol. The second-order valence-corrected chi connectivity index (χ2v) is 8.80. The third-order valence-corrected chi connectivity index (χ3v) is 5.22. The molecule has 2 aromatic carbocycles. The number of anilines is 1. The molecule has 0 aliphatic heterocycles.